The minimum absolute atomic E-state index is 0.0938. The third-order valence-electron chi connectivity index (χ3n) is 2.96. The Morgan fingerprint density at radius 3 is 2.39 bits per heavy atom. The molecule has 1 heterocycles. The molecule has 0 bridgehead atoms. The molecule has 4 heteroatoms. The van der Waals surface area contributed by atoms with Crippen molar-refractivity contribution in [3.63, 3.8) is 0 Å². The summed E-state index contributed by atoms with van der Waals surface area (Å²) in [5.41, 5.74) is 2.92. The molecule has 0 spiro atoms. The SMILES string of the molecule is Cc1ccc2nc3ccc([N+](=O)[O-])cc3cc2c1. The standard InChI is InChI=1S/C14H10N2O2/c1-9-2-4-13-10(6-9)7-11-8-12(16(17)18)3-5-14(11)15-13/h2-8H,1H3. The topological polar surface area (TPSA) is 56.0 Å². The molecular weight excluding hydrogens is 228 g/mol. The molecule has 18 heavy (non-hydrogen) atoms. The van der Waals surface area contributed by atoms with E-state index in [9.17, 15) is 10.1 Å². The zero-order valence-corrected chi connectivity index (χ0v) is 9.75. The third-order valence-corrected chi connectivity index (χ3v) is 2.96. The van der Waals surface area contributed by atoms with E-state index in [1.165, 1.54) is 6.07 Å². The van der Waals surface area contributed by atoms with E-state index in [1.54, 1.807) is 12.1 Å². The molecule has 0 N–H and O–H groups in total. The second-order valence-corrected chi connectivity index (χ2v) is 4.32. The van der Waals surface area contributed by atoms with Crippen LogP contribution in [0.4, 0.5) is 5.69 Å². The molecule has 0 atom stereocenters. The first-order valence-corrected chi connectivity index (χ1v) is 5.59. The molecule has 4 nitrogen and oxygen atoms in total. The first kappa shape index (κ1) is 10.7. The predicted octanol–water partition coefficient (Wildman–Crippen LogP) is 3.60. The third kappa shape index (κ3) is 1.68. The number of hydrogen-bond donors (Lipinski definition) is 0. The van der Waals surface area contributed by atoms with Crippen molar-refractivity contribution in [2.75, 3.05) is 0 Å². The Balaban J connectivity index is 2.35. The van der Waals surface area contributed by atoms with Crippen LogP contribution in [0.15, 0.2) is 42.5 Å². The van der Waals surface area contributed by atoms with Gasteiger partial charge in [0, 0.05) is 22.9 Å². The molecule has 0 amide bonds. The summed E-state index contributed by atoms with van der Waals surface area (Å²) in [6.07, 6.45) is 0. The highest BCUT2D eigenvalue weighted by Crippen LogP contribution is 2.24. The highest BCUT2D eigenvalue weighted by Gasteiger charge is 2.07. The van der Waals surface area contributed by atoms with E-state index in [4.69, 9.17) is 0 Å². The second-order valence-electron chi connectivity index (χ2n) is 4.32. The van der Waals surface area contributed by atoms with Gasteiger partial charge in [0.25, 0.3) is 5.69 Å². The summed E-state index contributed by atoms with van der Waals surface area (Å²) in [5, 5.41) is 12.5. The Hall–Kier alpha value is -2.49. The molecule has 0 saturated heterocycles. The van der Waals surface area contributed by atoms with Gasteiger partial charge in [0.05, 0.1) is 16.0 Å². The highest BCUT2D eigenvalue weighted by atomic mass is 16.6. The van der Waals surface area contributed by atoms with Crippen LogP contribution < -0.4 is 0 Å². The number of pyridine rings is 1. The van der Waals surface area contributed by atoms with E-state index < -0.39 is 0 Å². The van der Waals surface area contributed by atoms with Gasteiger partial charge in [0.2, 0.25) is 0 Å². The summed E-state index contributed by atoms with van der Waals surface area (Å²) in [7, 11) is 0. The Kier molecular flexibility index (Phi) is 2.23. The van der Waals surface area contributed by atoms with Gasteiger partial charge in [-0.25, -0.2) is 4.98 Å². The van der Waals surface area contributed by atoms with E-state index in [1.807, 2.05) is 31.2 Å². The number of nitro benzene ring substituents is 1. The molecular formula is C14H10N2O2. The van der Waals surface area contributed by atoms with Crippen LogP contribution in [-0.4, -0.2) is 9.91 Å². The highest BCUT2D eigenvalue weighted by molar-refractivity contribution is 5.93. The zero-order valence-electron chi connectivity index (χ0n) is 9.75. The van der Waals surface area contributed by atoms with E-state index in [2.05, 4.69) is 4.98 Å². The smallest absolute Gasteiger partial charge is 0.258 e. The van der Waals surface area contributed by atoms with Crippen LogP contribution in [0.1, 0.15) is 5.56 Å². The Morgan fingerprint density at radius 2 is 1.67 bits per heavy atom. The molecule has 0 saturated carbocycles. The van der Waals surface area contributed by atoms with Crippen LogP contribution in [0.5, 0.6) is 0 Å². The number of fused-ring (bicyclic) bond motifs is 2. The monoisotopic (exact) mass is 238 g/mol. The minimum Gasteiger partial charge on any atom is -0.258 e. The summed E-state index contributed by atoms with van der Waals surface area (Å²) in [4.78, 5) is 14.9. The lowest BCUT2D eigenvalue weighted by Crippen LogP contribution is -1.89. The Labute approximate surface area is 103 Å². The fourth-order valence-electron chi connectivity index (χ4n) is 2.06. The number of aromatic nitrogens is 1. The van der Waals surface area contributed by atoms with Gasteiger partial charge in [-0.2, -0.15) is 0 Å². The fourth-order valence-corrected chi connectivity index (χ4v) is 2.06. The number of aryl methyl sites for hydroxylation is 1. The summed E-state index contributed by atoms with van der Waals surface area (Å²) < 4.78 is 0. The lowest BCUT2D eigenvalue weighted by atomic mass is 10.1. The molecule has 0 unspecified atom stereocenters. The quantitative estimate of drug-likeness (QED) is 0.369. The molecule has 2 aromatic carbocycles. The Morgan fingerprint density at radius 1 is 1.00 bits per heavy atom. The van der Waals surface area contributed by atoms with Crippen molar-refractivity contribution in [1.82, 2.24) is 4.98 Å². The van der Waals surface area contributed by atoms with E-state index in [0.29, 0.717) is 0 Å². The van der Waals surface area contributed by atoms with Gasteiger partial charge in [-0.05, 0) is 31.2 Å². The van der Waals surface area contributed by atoms with Gasteiger partial charge >= 0.3 is 0 Å². The lowest BCUT2D eigenvalue weighted by molar-refractivity contribution is -0.384. The van der Waals surface area contributed by atoms with Gasteiger partial charge in [0.15, 0.2) is 0 Å². The van der Waals surface area contributed by atoms with Crippen LogP contribution >= 0.6 is 0 Å². The van der Waals surface area contributed by atoms with E-state index >= 15 is 0 Å². The number of hydrogen-bond acceptors (Lipinski definition) is 3. The molecule has 0 aliphatic carbocycles. The first-order valence-electron chi connectivity index (χ1n) is 5.59. The van der Waals surface area contributed by atoms with Gasteiger partial charge in [-0.3, -0.25) is 10.1 Å². The molecule has 0 aliphatic rings. The van der Waals surface area contributed by atoms with Crippen molar-refractivity contribution in [3.05, 3.63) is 58.1 Å². The van der Waals surface area contributed by atoms with Crippen LogP contribution in [-0.2, 0) is 0 Å². The normalized spacial score (nSPS) is 10.9. The zero-order chi connectivity index (χ0) is 12.7. The van der Waals surface area contributed by atoms with Crippen LogP contribution in [0.3, 0.4) is 0 Å². The average Bonchev–Trinajstić information content (AvgIpc) is 2.35. The maximum Gasteiger partial charge on any atom is 0.270 e. The van der Waals surface area contributed by atoms with E-state index in [-0.39, 0.29) is 10.6 Å². The van der Waals surface area contributed by atoms with Crippen LogP contribution in [0.2, 0.25) is 0 Å². The van der Waals surface area contributed by atoms with Crippen molar-refractivity contribution in [3.8, 4) is 0 Å². The number of benzene rings is 2. The van der Waals surface area contributed by atoms with Crippen molar-refractivity contribution < 1.29 is 4.92 Å². The maximum atomic E-state index is 10.7. The summed E-state index contributed by atoms with van der Waals surface area (Å²) >= 11 is 0. The van der Waals surface area contributed by atoms with Gasteiger partial charge in [-0.15, -0.1) is 0 Å². The summed E-state index contributed by atoms with van der Waals surface area (Å²) in [5.74, 6) is 0. The van der Waals surface area contributed by atoms with Crippen molar-refractivity contribution in [1.29, 1.82) is 0 Å². The van der Waals surface area contributed by atoms with Crippen LogP contribution in [0.25, 0.3) is 21.8 Å². The molecule has 88 valence electrons. The minimum atomic E-state index is -0.389. The predicted molar refractivity (Wildman–Crippen MR) is 70.6 cm³/mol. The molecule has 0 aliphatic heterocycles. The maximum absolute atomic E-state index is 10.7. The number of non-ortho nitro benzene ring substituents is 1. The van der Waals surface area contributed by atoms with Gasteiger partial charge < -0.3 is 0 Å². The molecule has 1 aromatic heterocycles. The second kappa shape index (κ2) is 3.77. The number of nitro groups is 1. The number of rotatable bonds is 1. The van der Waals surface area contributed by atoms with Gasteiger partial charge in [0.1, 0.15) is 0 Å². The average molecular weight is 238 g/mol. The molecule has 3 aromatic rings. The fraction of sp³-hybridized carbons (Fsp3) is 0.0714. The first-order chi connectivity index (χ1) is 8.63. The van der Waals surface area contributed by atoms with Crippen molar-refractivity contribution in [2.24, 2.45) is 0 Å². The summed E-state index contributed by atoms with van der Waals surface area (Å²) in [6, 6.07) is 12.7. The van der Waals surface area contributed by atoms with Crippen LogP contribution in [0, 0.1) is 17.0 Å². The van der Waals surface area contributed by atoms with E-state index in [0.717, 1.165) is 27.4 Å². The molecule has 0 fully saturated rings. The van der Waals surface area contributed by atoms with Gasteiger partial charge in [-0.1, -0.05) is 11.6 Å². The summed E-state index contributed by atoms with van der Waals surface area (Å²) in [6.45, 7) is 2.01. The van der Waals surface area contributed by atoms with Crippen molar-refractivity contribution >= 4 is 27.5 Å². The molecule has 0 radical (unpaired) electrons. The molecule has 3 rings (SSSR count). The lowest BCUT2D eigenvalue weighted by Gasteiger charge is -2.02. The van der Waals surface area contributed by atoms with Crippen molar-refractivity contribution in [2.45, 2.75) is 6.92 Å². The largest absolute Gasteiger partial charge is 0.270 e. The number of nitrogens with zero attached hydrogens (tertiary/aromatic N) is 2. The Bertz CT molecular complexity index is 781.